The lowest BCUT2D eigenvalue weighted by atomic mass is 9.88. The van der Waals surface area contributed by atoms with Crippen molar-refractivity contribution in [1.29, 1.82) is 0 Å². The van der Waals surface area contributed by atoms with E-state index in [0.29, 0.717) is 11.8 Å². The molecule has 0 aliphatic carbocycles. The second-order valence-electron chi connectivity index (χ2n) is 7.97. The third-order valence-corrected chi connectivity index (χ3v) is 5.92. The predicted octanol–water partition coefficient (Wildman–Crippen LogP) is 5.86. The Kier molecular flexibility index (Phi) is 6.76. The lowest BCUT2D eigenvalue weighted by molar-refractivity contribution is 0.355. The Morgan fingerprint density at radius 1 is 0.931 bits per heavy atom. The van der Waals surface area contributed by atoms with Crippen LogP contribution in [0.2, 0.25) is 0 Å². The molecular weight excluding hydrogens is 384 g/mol. The largest absolute Gasteiger partial charge is 0.493 e. The molecule has 4 nitrogen and oxygen atoms in total. The lowest BCUT2D eigenvalue weighted by Gasteiger charge is -2.23. The molecule has 0 bridgehead atoms. The van der Waals surface area contributed by atoms with Crippen molar-refractivity contribution in [2.45, 2.75) is 38.5 Å². The number of piperidine rings is 1. The quantitative estimate of drug-likeness (QED) is 0.549. The maximum absolute atomic E-state index is 5.53. The van der Waals surface area contributed by atoms with Crippen molar-refractivity contribution < 1.29 is 9.47 Å². The Morgan fingerprint density at radius 2 is 1.66 bits per heavy atom. The van der Waals surface area contributed by atoms with E-state index in [9.17, 15) is 0 Å². The number of aromatic nitrogens is 1. The first kappa shape index (κ1) is 21.5. The first-order chi connectivity index (χ1) is 13.6. The van der Waals surface area contributed by atoms with E-state index < -0.39 is 0 Å². The van der Waals surface area contributed by atoms with Gasteiger partial charge in [0.2, 0.25) is 0 Å². The molecule has 0 spiro atoms. The Hall–Kier alpha value is -2.17. The highest BCUT2D eigenvalue weighted by atomic mass is 35.5. The Labute approximate surface area is 179 Å². The minimum atomic E-state index is 0. The Bertz CT molecular complexity index is 974. The van der Waals surface area contributed by atoms with Gasteiger partial charge < -0.3 is 19.8 Å². The molecule has 1 aromatic heterocycles. The summed E-state index contributed by atoms with van der Waals surface area (Å²) in [6.07, 6.45) is 2.44. The highest BCUT2D eigenvalue weighted by Gasteiger charge is 2.20. The van der Waals surface area contributed by atoms with Crippen LogP contribution in [-0.2, 0) is 0 Å². The third-order valence-electron chi connectivity index (χ3n) is 5.92. The van der Waals surface area contributed by atoms with Crippen LogP contribution < -0.4 is 14.8 Å². The molecule has 2 N–H and O–H groups in total. The molecule has 3 aromatic rings. The van der Waals surface area contributed by atoms with Crippen molar-refractivity contribution in [3.05, 3.63) is 47.5 Å². The summed E-state index contributed by atoms with van der Waals surface area (Å²) < 4.78 is 10.9. The van der Waals surface area contributed by atoms with Crippen LogP contribution in [-0.4, -0.2) is 32.3 Å². The zero-order valence-corrected chi connectivity index (χ0v) is 18.5. The van der Waals surface area contributed by atoms with Gasteiger partial charge in [0, 0.05) is 16.5 Å². The van der Waals surface area contributed by atoms with Crippen molar-refractivity contribution >= 4 is 23.3 Å². The third kappa shape index (κ3) is 4.10. The number of fused-ring (bicyclic) bond motifs is 1. The van der Waals surface area contributed by atoms with Crippen molar-refractivity contribution in [2.75, 3.05) is 27.3 Å². The van der Waals surface area contributed by atoms with E-state index >= 15 is 0 Å². The molecule has 1 aliphatic rings. The lowest BCUT2D eigenvalue weighted by Crippen LogP contribution is -2.26. The molecule has 29 heavy (non-hydrogen) atoms. The fourth-order valence-corrected chi connectivity index (χ4v) is 4.46. The molecule has 0 radical (unpaired) electrons. The van der Waals surface area contributed by atoms with Gasteiger partial charge >= 0.3 is 0 Å². The number of benzene rings is 2. The summed E-state index contributed by atoms with van der Waals surface area (Å²) in [6.45, 7) is 6.77. The van der Waals surface area contributed by atoms with E-state index in [-0.39, 0.29) is 12.4 Å². The van der Waals surface area contributed by atoms with Crippen LogP contribution in [0.15, 0.2) is 36.4 Å². The minimum Gasteiger partial charge on any atom is -0.493 e. The topological polar surface area (TPSA) is 46.3 Å². The van der Waals surface area contributed by atoms with Crippen LogP contribution in [0, 0.1) is 0 Å². The van der Waals surface area contributed by atoms with Crippen molar-refractivity contribution in [1.82, 2.24) is 10.3 Å². The predicted molar refractivity (Wildman–Crippen MR) is 123 cm³/mol. The van der Waals surface area contributed by atoms with E-state index in [2.05, 4.69) is 54.5 Å². The standard InChI is InChI=1S/C24H30N2O2.ClH/c1-15(2)23-19-13-17(16-9-11-25-12-10-16)5-7-20(19)26-24(23)18-6-8-21(27-3)22(14-18)28-4;/h5-8,13-16,25-26H,9-12H2,1-4H3;1H. The summed E-state index contributed by atoms with van der Waals surface area (Å²) in [7, 11) is 3.35. The molecular formula is C24H31ClN2O2. The van der Waals surface area contributed by atoms with Gasteiger partial charge in [0.05, 0.1) is 19.9 Å². The number of ether oxygens (including phenoxy) is 2. The van der Waals surface area contributed by atoms with E-state index in [1.807, 2.05) is 6.07 Å². The number of H-pyrrole nitrogens is 1. The zero-order chi connectivity index (χ0) is 19.7. The molecule has 1 fully saturated rings. The second kappa shape index (κ2) is 9.10. The summed E-state index contributed by atoms with van der Waals surface area (Å²) in [5.41, 5.74) is 6.34. The average molecular weight is 415 g/mol. The van der Waals surface area contributed by atoms with Crippen molar-refractivity contribution in [3.63, 3.8) is 0 Å². The monoisotopic (exact) mass is 414 g/mol. The molecule has 1 aliphatic heterocycles. The van der Waals surface area contributed by atoms with E-state index in [1.54, 1.807) is 14.2 Å². The highest BCUT2D eigenvalue weighted by molar-refractivity contribution is 5.92. The molecule has 1 saturated heterocycles. The van der Waals surface area contributed by atoms with Crippen LogP contribution in [0.4, 0.5) is 0 Å². The molecule has 0 atom stereocenters. The summed E-state index contributed by atoms with van der Waals surface area (Å²) in [6, 6.07) is 13.1. The number of hydrogen-bond donors (Lipinski definition) is 2. The number of halogens is 1. The molecule has 156 valence electrons. The highest BCUT2D eigenvalue weighted by Crippen LogP contribution is 2.40. The van der Waals surface area contributed by atoms with Crippen LogP contribution >= 0.6 is 12.4 Å². The van der Waals surface area contributed by atoms with Gasteiger partial charge in [-0.1, -0.05) is 19.9 Å². The van der Waals surface area contributed by atoms with Gasteiger partial charge in [0.25, 0.3) is 0 Å². The summed E-state index contributed by atoms with van der Waals surface area (Å²) in [5.74, 6) is 2.58. The molecule has 2 aromatic carbocycles. The van der Waals surface area contributed by atoms with Crippen molar-refractivity contribution in [3.8, 4) is 22.8 Å². The molecule has 0 saturated carbocycles. The van der Waals surface area contributed by atoms with Crippen molar-refractivity contribution in [2.24, 2.45) is 0 Å². The Morgan fingerprint density at radius 3 is 2.31 bits per heavy atom. The van der Waals surface area contributed by atoms with Crippen LogP contribution in [0.5, 0.6) is 11.5 Å². The van der Waals surface area contributed by atoms with Gasteiger partial charge in [0.15, 0.2) is 11.5 Å². The Balaban J connectivity index is 0.00000240. The van der Waals surface area contributed by atoms with Gasteiger partial charge in [-0.25, -0.2) is 0 Å². The van der Waals surface area contributed by atoms with Gasteiger partial charge in [0.1, 0.15) is 0 Å². The van der Waals surface area contributed by atoms with Crippen LogP contribution in [0.25, 0.3) is 22.2 Å². The fourth-order valence-electron chi connectivity index (χ4n) is 4.46. The number of methoxy groups -OCH3 is 2. The van der Waals surface area contributed by atoms with E-state index in [1.165, 1.54) is 40.6 Å². The molecule has 4 rings (SSSR count). The summed E-state index contributed by atoms with van der Waals surface area (Å²) in [5, 5.41) is 4.81. The van der Waals surface area contributed by atoms with E-state index in [0.717, 1.165) is 30.2 Å². The van der Waals surface area contributed by atoms with Gasteiger partial charge in [-0.2, -0.15) is 0 Å². The smallest absolute Gasteiger partial charge is 0.161 e. The summed E-state index contributed by atoms with van der Waals surface area (Å²) >= 11 is 0. The summed E-state index contributed by atoms with van der Waals surface area (Å²) in [4.78, 5) is 3.67. The molecule has 0 unspecified atom stereocenters. The first-order valence-corrected chi connectivity index (χ1v) is 10.2. The van der Waals surface area contributed by atoms with Gasteiger partial charge in [-0.15, -0.1) is 12.4 Å². The number of nitrogens with one attached hydrogen (secondary N) is 2. The zero-order valence-electron chi connectivity index (χ0n) is 17.7. The second-order valence-corrected chi connectivity index (χ2v) is 7.97. The number of hydrogen-bond acceptors (Lipinski definition) is 3. The minimum absolute atomic E-state index is 0. The fraction of sp³-hybridized carbons (Fsp3) is 0.417. The van der Waals surface area contributed by atoms with E-state index in [4.69, 9.17) is 9.47 Å². The number of aromatic amines is 1. The SMILES string of the molecule is COc1ccc(-c2[nH]c3ccc(C4CCNCC4)cc3c2C(C)C)cc1OC.Cl. The first-order valence-electron chi connectivity index (χ1n) is 10.2. The van der Waals surface area contributed by atoms with Gasteiger partial charge in [-0.3, -0.25) is 0 Å². The van der Waals surface area contributed by atoms with Gasteiger partial charge in [-0.05, 0) is 79.2 Å². The molecule has 0 amide bonds. The normalized spacial score (nSPS) is 14.8. The maximum atomic E-state index is 5.53. The van der Waals surface area contributed by atoms with Crippen LogP contribution in [0.1, 0.15) is 49.7 Å². The molecule has 5 heteroatoms. The number of rotatable bonds is 5. The average Bonchev–Trinajstić information content (AvgIpc) is 3.12. The van der Waals surface area contributed by atoms with Crippen LogP contribution in [0.3, 0.4) is 0 Å². The molecule has 2 heterocycles. The maximum Gasteiger partial charge on any atom is 0.161 e.